The van der Waals surface area contributed by atoms with Crippen molar-refractivity contribution in [1.29, 1.82) is 0 Å². The number of carbonyl (C=O) groups excluding carboxylic acids is 1. The molecule has 0 spiro atoms. The molecule has 176 valence electrons. The highest BCUT2D eigenvalue weighted by atomic mass is 19.1. The zero-order chi connectivity index (χ0) is 23.3. The van der Waals surface area contributed by atoms with Crippen LogP contribution in [0.4, 0.5) is 10.2 Å². The van der Waals surface area contributed by atoms with Gasteiger partial charge in [-0.15, -0.1) is 0 Å². The molecule has 1 amide bonds. The summed E-state index contributed by atoms with van der Waals surface area (Å²) in [5.74, 6) is 1.36. The van der Waals surface area contributed by atoms with Crippen molar-refractivity contribution >= 4 is 11.7 Å². The number of anilines is 1. The Morgan fingerprint density at radius 3 is 2.47 bits per heavy atom. The van der Waals surface area contributed by atoms with Crippen LogP contribution in [0.2, 0.25) is 0 Å². The fourth-order valence-electron chi connectivity index (χ4n) is 4.88. The number of nitrogens with zero attached hydrogens (tertiary/aromatic N) is 5. The van der Waals surface area contributed by atoms with Crippen molar-refractivity contribution in [2.24, 2.45) is 5.92 Å². The topological polar surface area (TPSA) is 52.6 Å². The summed E-state index contributed by atoms with van der Waals surface area (Å²) in [7, 11) is 0. The first kappa shape index (κ1) is 22.5. The average Bonchev–Trinajstić information content (AvgIpc) is 2.90. The largest absolute Gasteiger partial charge is 0.356 e. The van der Waals surface area contributed by atoms with Gasteiger partial charge in [0.2, 0.25) is 5.91 Å². The molecule has 0 saturated carbocycles. The van der Waals surface area contributed by atoms with E-state index in [1.165, 1.54) is 17.7 Å². The van der Waals surface area contributed by atoms with Crippen molar-refractivity contribution < 1.29 is 9.18 Å². The summed E-state index contributed by atoms with van der Waals surface area (Å²) in [4.78, 5) is 29.0. The normalized spacial score (nSPS) is 19.3. The first-order valence-electron chi connectivity index (χ1n) is 12.0. The van der Waals surface area contributed by atoms with Gasteiger partial charge in [-0.2, -0.15) is 0 Å². The number of hydrogen-bond acceptors (Lipinski definition) is 5. The van der Waals surface area contributed by atoms with Crippen molar-refractivity contribution in [2.75, 3.05) is 44.2 Å². The Morgan fingerprint density at radius 2 is 1.71 bits per heavy atom. The van der Waals surface area contributed by atoms with Gasteiger partial charge in [-0.25, -0.2) is 14.4 Å². The van der Waals surface area contributed by atoms with Gasteiger partial charge in [-0.05, 0) is 48.7 Å². The smallest absolute Gasteiger partial charge is 0.227 e. The summed E-state index contributed by atoms with van der Waals surface area (Å²) < 4.78 is 13.3. The summed E-state index contributed by atoms with van der Waals surface area (Å²) >= 11 is 0. The number of hydrogen-bond donors (Lipinski definition) is 0. The van der Waals surface area contributed by atoms with Crippen LogP contribution in [-0.4, -0.2) is 64.9 Å². The molecule has 0 N–H and O–H groups in total. The van der Waals surface area contributed by atoms with Crippen LogP contribution in [-0.2, 0) is 11.3 Å². The van der Waals surface area contributed by atoms with Crippen LogP contribution in [0, 0.1) is 11.7 Å². The molecule has 2 fully saturated rings. The second kappa shape index (κ2) is 10.3. The van der Waals surface area contributed by atoms with Gasteiger partial charge in [0, 0.05) is 57.6 Å². The standard InChI is InChI=1S/C27H30FN5O/c28-24-10-8-22(9-11-24)26-29-13-12-25(30-26)33-14-4-7-23(20-33)27(34)32-17-15-31(16-18-32)19-21-5-2-1-3-6-21/h1-3,5-6,8-13,23H,4,7,14-20H2. The molecule has 7 heteroatoms. The Bertz CT molecular complexity index is 1100. The molecule has 0 radical (unpaired) electrons. The summed E-state index contributed by atoms with van der Waals surface area (Å²) in [6.45, 7) is 5.85. The number of carbonyl (C=O) groups is 1. The maximum Gasteiger partial charge on any atom is 0.227 e. The number of rotatable bonds is 5. The van der Waals surface area contributed by atoms with Crippen LogP contribution in [0.25, 0.3) is 11.4 Å². The molecule has 6 nitrogen and oxygen atoms in total. The molecule has 1 aromatic heterocycles. The third-order valence-electron chi connectivity index (χ3n) is 6.77. The van der Waals surface area contributed by atoms with E-state index in [9.17, 15) is 9.18 Å². The fraction of sp³-hybridized carbons (Fsp3) is 0.370. The Labute approximate surface area is 200 Å². The highest BCUT2D eigenvalue weighted by molar-refractivity contribution is 5.80. The molecular formula is C27H30FN5O. The van der Waals surface area contributed by atoms with Crippen LogP contribution in [0.1, 0.15) is 18.4 Å². The molecular weight excluding hydrogens is 429 g/mol. The molecule has 5 rings (SSSR count). The van der Waals surface area contributed by atoms with Gasteiger partial charge in [0.25, 0.3) is 0 Å². The quantitative estimate of drug-likeness (QED) is 0.580. The summed E-state index contributed by atoms with van der Waals surface area (Å²) in [5, 5.41) is 0. The van der Waals surface area contributed by atoms with Gasteiger partial charge in [-0.3, -0.25) is 9.69 Å². The number of aromatic nitrogens is 2. The summed E-state index contributed by atoms with van der Waals surface area (Å²) in [6.07, 6.45) is 3.61. The van der Waals surface area contributed by atoms with Crippen LogP contribution in [0.3, 0.4) is 0 Å². The predicted molar refractivity (Wildman–Crippen MR) is 131 cm³/mol. The molecule has 3 heterocycles. The molecule has 2 aromatic carbocycles. The van der Waals surface area contributed by atoms with E-state index in [1.54, 1.807) is 18.3 Å². The molecule has 2 saturated heterocycles. The number of piperidine rings is 1. The lowest BCUT2D eigenvalue weighted by Gasteiger charge is -2.39. The Hall–Kier alpha value is -3.32. The van der Waals surface area contributed by atoms with E-state index in [-0.39, 0.29) is 17.6 Å². The average molecular weight is 460 g/mol. The molecule has 0 bridgehead atoms. The second-order valence-corrected chi connectivity index (χ2v) is 9.12. The van der Waals surface area contributed by atoms with Gasteiger partial charge in [-0.1, -0.05) is 30.3 Å². The molecule has 3 aromatic rings. The molecule has 2 aliphatic heterocycles. The van der Waals surface area contributed by atoms with Crippen molar-refractivity contribution in [3.05, 3.63) is 78.2 Å². The minimum atomic E-state index is -0.279. The fourth-order valence-corrected chi connectivity index (χ4v) is 4.88. The lowest BCUT2D eigenvalue weighted by Crippen LogP contribution is -2.52. The van der Waals surface area contributed by atoms with E-state index in [2.05, 4.69) is 39.0 Å². The van der Waals surface area contributed by atoms with Crippen LogP contribution < -0.4 is 4.90 Å². The van der Waals surface area contributed by atoms with Crippen molar-refractivity contribution in [3.8, 4) is 11.4 Å². The zero-order valence-corrected chi connectivity index (χ0v) is 19.3. The molecule has 1 atom stereocenters. The van der Waals surface area contributed by atoms with E-state index >= 15 is 0 Å². The maximum absolute atomic E-state index is 13.3. The van der Waals surface area contributed by atoms with Crippen molar-refractivity contribution in [2.45, 2.75) is 19.4 Å². The van der Waals surface area contributed by atoms with E-state index in [0.29, 0.717) is 12.4 Å². The van der Waals surface area contributed by atoms with E-state index in [0.717, 1.165) is 63.5 Å². The minimum Gasteiger partial charge on any atom is -0.356 e. The SMILES string of the molecule is O=C(C1CCCN(c2ccnc(-c3ccc(F)cc3)n2)C1)N1CCN(Cc2ccccc2)CC1. The lowest BCUT2D eigenvalue weighted by atomic mass is 9.96. The Balaban J connectivity index is 1.19. The third kappa shape index (κ3) is 5.25. The lowest BCUT2D eigenvalue weighted by molar-refractivity contribution is -0.137. The number of halogens is 1. The molecule has 0 aliphatic carbocycles. The minimum absolute atomic E-state index is 0.0151. The van der Waals surface area contributed by atoms with Crippen LogP contribution in [0.15, 0.2) is 66.9 Å². The first-order chi connectivity index (χ1) is 16.7. The predicted octanol–water partition coefficient (Wildman–Crippen LogP) is 3.84. The van der Waals surface area contributed by atoms with Gasteiger partial charge in [0.15, 0.2) is 5.82 Å². The molecule has 34 heavy (non-hydrogen) atoms. The van der Waals surface area contributed by atoms with E-state index in [1.807, 2.05) is 17.0 Å². The van der Waals surface area contributed by atoms with Gasteiger partial charge < -0.3 is 9.80 Å². The molecule has 1 unspecified atom stereocenters. The maximum atomic E-state index is 13.3. The van der Waals surface area contributed by atoms with Crippen LogP contribution >= 0.6 is 0 Å². The van der Waals surface area contributed by atoms with Crippen LogP contribution in [0.5, 0.6) is 0 Å². The van der Waals surface area contributed by atoms with Crippen molar-refractivity contribution in [3.63, 3.8) is 0 Å². The monoisotopic (exact) mass is 459 g/mol. The summed E-state index contributed by atoms with van der Waals surface area (Å²) in [5.41, 5.74) is 2.09. The second-order valence-electron chi connectivity index (χ2n) is 9.12. The number of piperazine rings is 1. The first-order valence-corrected chi connectivity index (χ1v) is 12.0. The Morgan fingerprint density at radius 1 is 0.941 bits per heavy atom. The number of benzene rings is 2. The van der Waals surface area contributed by atoms with Gasteiger partial charge in [0.1, 0.15) is 11.6 Å². The highest BCUT2D eigenvalue weighted by Crippen LogP contribution is 2.25. The highest BCUT2D eigenvalue weighted by Gasteiger charge is 2.31. The third-order valence-corrected chi connectivity index (χ3v) is 6.77. The van der Waals surface area contributed by atoms with E-state index < -0.39 is 0 Å². The van der Waals surface area contributed by atoms with Gasteiger partial charge in [0.05, 0.1) is 5.92 Å². The number of amides is 1. The molecule has 2 aliphatic rings. The zero-order valence-electron chi connectivity index (χ0n) is 19.3. The van der Waals surface area contributed by atoms with Gasteiger partial charge >= 0.3 is 0 Å². The van der Waals surface area contributed by atoms with Crippen molar-refractivity contribution in [1.82, 2.24) is 19.8 Å². The van der Waals surface area contributed by atoms with E-state index in [4.69, 9.17) is 4.98 Å². The Kier molecular flexibility index (Phi) is 6.81. The summed E-state index contributed by atoms with van der Waals surface area (Å²) in [6, 6.07) is 18.6.